The fourth-order valence-corrected chi connectivity index (χ4v) is 3.08. The van der Waals surface area contributed by atoms with E-state index in [1.807, 2.05) is 55.6 Å². The lowest BCUT2D eigenvalue weighted by Gasteiger charge is -2.27. The molecule has 2 atom stereocenters. The Morgan fingerprint density at radius 1 is 1.19 bits per heavy atom. The zero-order valence-corrected chi connectivity index (χ0v) is 15.6. The molecule has 0 saturated carbocycles. The number of hydrogen-bond acceptors (Lipinski definition) is 3. The molecular formula is C20H24ClN2O3+. The van der Waals surface area contributed by atoms with E-state index in [-0.39, 0.29) is 12.0 Å². The van der Waals surface area contributed by atoms with Crippen LogP contribution in [0.5, 0.6) is 11.5 Å². The Kier molecular flexibility index (Phi) is 6.36. The van der Waals surface area contributed by atoms with E-state index in [1.165, 1.54) is 0 Å². The van der Waals surface area contributed by atoms with Crippen molar-refractivity contribution in [2.24, 2.45) is 0 Å². The first-order chi connectivity index (χ1) is 12.6. The molecule has 1 heterocycles. The Hall–Kier alpha value is -2.24. The highest BCUT2D eigenvalue weighted by atomic mass is 35.5. The number of likely N-dealkylation sites (N-methyl/N-ethyl adjacent to an activating group) is 1. The smallest absolute Gasteiger partial charge is 0.275 e. The summed E-state index contributed by atoms with van der Waals surface area (Å²) < 4.78 is 11.7. The summed E-state index contributed by atoms with van der Waals surface area (Å²) in [6.45, 7) is 2.23. The molecule has 1 unspecified atom stereocenters. The van der Waals surface area contributed by atoms with Crippen LogP contribution in [0.1, 0.15) is 5.56 Å². The van der Waals surface area contributed by atoms with Crippen LogP contribution in [0, 0.1) is 0 Å². The average Bonchev–Trinajstić information content (AvgIpc) is 2.63. The maximum atomic E-state index is 12.1. The van der Waals surface area contributed by atoms with Gasteiger partial charge in [-0.25, -0.2) is 0 Å². The van der Waals surface area contributed by atoms with Crippen molar-refractivity contribution in [2.75, 3.05) is 33.3 Å². The fourth-order valence-electron chi connectivity index (χ4n) is 2.96. The highest BCUT2D eigenvalue weighted by Gasteiger charge is 2.24. The number of fused-ring (bicyclic) bond motifs is 1. The van der Waals surface area contributed by atoms with Gasteiger partial charge in [0.1, 0.15) is 13.2 Å². The number of ether oxygens (including phenoxy) is 2. The number of nitrogens with one attached hydrogen (secondary N) is 2. The molecule has 3 rings (SSSR count). The van der Waals surface area contributed by atoms with Crippen LogP contribution in [0.25, 0.3) is 0 Å². The zero-order chi connectivity index (χ0) is 18.4. The average molecular weight is 376 g/mol. The predicted octanol–water partition coefficient (Wildman–Crippen LogP) is 1.35. The molecule has 1 amide bonds. The van der Waals surface area contributed by atoms with Gasteiger partial charge in [-0.15, -0.1) is 0 Å². The Labute approximate surface area is 158 Å². The Bertz CT molecular complexity index is 736. The minimum absolute atomic E-state index is 0.0357. The molecule has 2 N–H and O–H groups in total. The second-order valence-corrected chi connectivity index (χ2v) is 7.00. The molecule has 26 heavy (non-hydrogen) atoms. The second-order valence-electron chi connectivity index (χ2n) is 6.56. The molecule has 138 valence electrons. The van der Waals surface area contributed by atoms with E-state index in [0.717, 1.165) is 33.4 Å². The molecular weight excluding hydrogens is 352 g/mol. The van der Waals surface area contributed by atoms with E-state index >= 15 is 0 Å². The third-order valence-corrected chi connectivity index (χ3v) is 4.51. The number of benzene rings is 2. The molecule has 0 bridgehead atoms. The van der Waals surface area contributed by atoms with Crippen molar-refractivity contribution in [3.05, 3.63) is 59.1 Å². The van der Waals surface area contributed by atoms with Crippen LogP contribution in [0.2, 0.25) is 5.02 Å². The van der Waals surface area contributed by atoms with Gasteiger partial charge in [-0.1, -0.05) is 35.9 Å². The number of carbonyl (C=O) groups excluding carboxylic acids is 1. The molecule has 6 heteroatoms. The summed E-state index contributed by atoms with van der Waals surface area (Å²) in [5.74, 6) is 1.58. The minimum Gasteiger partial charge on any atom is -0.486 e. The summed E-state index contributed by atoms with van der Waals surface area (Å²) >= 11 is 5.87. The molecule has 5 nitrogen and oxygen atoms in total. The Balaban J connectivity index is 1.37. The molecule has 0 fully saturated rings. The van der Waals surface area contributed by atoms with Crippen LogP contribution in [0.15, 0.2) is 48.5 Å². The number of halogens is 1. The predicted molar refractivity (Wildman–Crippen MR) is 101 cm³/mol. The van der Waals surface area contributed by atoms with Crippen molar-refractivity contribution in [2.45, 2.75) is 12.5 Å². The molecule has 1 aliphatic heterocycles. The Morgan fingerprint density at radius 3 is 2.69 bits per heavy atom. The molecule has 2 aromatic rings. The van der Waals surface area contributed by atoms with Gasteiger partial charge in [-0.05, 0) is 36.2 Å². The summed E-state index contributed by atoms with van der Waals surface area (Å²) in [5, 5.41) is 3.69. The van der Waals surface area contributed by atoms with Gasteiger partial charge in [0, 0.05) is 11.6 Å². The summed E-state index contributed by atoms with van der Waals surface area (Å²) in [7, 11) is 1.99. The van der Waals surface area contributed by atoms with Crippen LogP contribution >= 0.6 is 11.6 Å². The summed E-state index contributed by atoms with van der Waals surface area (Å²) in [6, 6.07) is 15.3. The van der Waals surface area contributed by atoms with Gasteiger partial charge in [0.05, 0.1) is 7.05 Å². The van der Waals surface area contributed by atoms with E-state index < -0.39 is 0 Å². The number of carbonyl (C=O) groups is 1. The highest BCUT2D eigenvalue weighted by molar-refractivity contribution is 6.30. The van der Waals surface area contributed by atoms with Crippen molar-refractivity contribution in [1.29, 1.82) is 0 Å². The van der Waals surface area contributed by atoms with Crippen LogP contribution in [0.4, 0.5) is 0 Å². The van der Waals surface area contributed by atoms with E-state index in [4.69, 9.17) is 21.1 Å². The molecule has 1 aliphatic rings. The number of amides is 1. The van der Waals surface area contributed by atoms with Crippen molar-refractivity contribution >= 4 is 17.5 Å². The second kappa shape index (κ2) is 8.92. The minimum atomic E-state index is -0.0493. The first-order valence-electron chi connectivity index (χ1n) is 8.81. The molecule has 0 aliphatic carbocycles. The van der Waals surface area contributed by atoms with Crippen molar-refractivity contribution in [3.63, 3.8) is 0 Å². The number of para-hydroxylation sites is 2. The van der Waals surface area contributed by atoms with Gasteiger partial charge < -0.3 is 19.7 Å². The standard InChI is InChI=1S/C20H23ClN2O3/c1-23(12-17-14-25-18-4-2-3-5-19(18)26-17)13-20(24)22-11-10-15-6-8-16(21)9-7-15/h2-9,17H,10-14H2,1H3,(H,22,24)/p+1/t17-/m0/s1. The molecule has 0 aromatic heterocycles. The molecule has 0 saturated heterocycles. The summed E-state index contributed by atoms with van der Waals surface area (Å²) in [6.07, 6.45) is 0.741. The van der Waals surface area contributed by atoms with E-state index in [1.54, 1.807) is 0 Å². The first kappa shape index (κ1) is 18.5. The van der Waals surface area contributed by atoms with Gasteiger partial charge in [-0.3, -0.25) is 4.79 Å². The Morgan fingerprint density at radius 2 is 1.92 bits per heavy atom. The zero-order valence-electron chi connectivity index (χ0n) is 14.8. The number of quaternary nitrogens is 1. The topological polar surface area (TPSA) is 52.0 Å². The van der Waals surface area contributed by atoms with Crippen molar-refractivity contribution in [3.8, 4) is 11.5 Å². The maximum absolute atomic E-state index is 12.1. The van der Waals surface area contributed by atoms with Gasteiger partial charge in [0.2, 0.25) is 0 Å². The summed E-state index contributed by atoms with van der Waals surface area (Å²) in [4.78, 5) is 13.2. The number of rotatable bonds is 7. The fraction of sp³-hybridized carbons (Fsp3) is 0.350. The van der Waals surface area contributed by atoms with Crippen LogP contribution in [-0.4, -0.2) is 45.3 Å². The molecule has 0 spiro atoms. The lowest BCUT2D eigenvalue weighted by Crippen LogP contribution is -3.11. The maximum Gasteiger partial charge on any atom is 0.275 e. The van der Waals surface area contributed by atoms with E-state index in [0.29, 0.717) is 26.2 Å². The first-order valence-corrected chi connectivity index (χ1v) is 9.19. The quantitative estimate of drug-likeness (QED) is 0.768. The normalized spacial score (nSPS) is 16.8. The van der Waals surface area contributed by atoms with Crippen molar-refractivity contribution in [1.82, 2.24) is 5.32 Å². The third kappa shape index (κ3) is 5.38. The lowest BCUT2D eigenvalue weighted by atomic mass is 10.1. The van der Waals surface area contributed by atoms with Crippen LogP contribution in [0.3, 0.4) is 0 Å². The van der Waals surface area contributed by atoms with Gasteiger partial charge in [0.15, 0.2) is 24.1 Å². The number of hydrogen-bond donors (Lipinski definition) is 2. The van der Waals surface area contributed by atoms with E-state index in [2.05, 4.69) is 5.32 Å². The lowest BCUT2D eigenvalue weighted by molar-refractivity contribution is -0.874. The largest absolute Gasteiger partial charge is 0.486 e. The van der Waals surface area contributed by atoms with Gasteiger partial charge in [-0.2, -0.15) is 0 Å². The summed E-state index contributed by atoms with van der Waals surface area (Å²) in [5.41, 5.74) is 1.15. The van der Waals surface area contributed by atoms with Gasteiger partial charge >= 0.3 is 0 Å². The molecule has 0 radical (unpaired) electrons. The molecule has 2 aromatic carbocycles. The monoisotopic (exact) mass is 375 g/mol. The van der Waals surface area contributed by atoms with E-state index in [9.17, 15) is 4.79 Å². The van der Waals surface area contributed by atoms with Crippen LogP contribution in [-0.2, 0) is 11.2 Å². The SMILES string of the molecule is C[NH+](CC(=O)NCCc1ccc(Cl)cc1)C[C@H]1COc2ccccc2O1. The van der Waals surface area contributed by atoms with Crippen LogP contribution < -0.4 is 19.7 Å². The van der Waals surface area contributed by atoms with Gasteiger partial charge in [0.25, 0.3) is 5.91 Å². The van der Waals surface area contributed by atoms with Crippen molar-refractivity contribution < 1.29 is 19.2 Å². The third-order valence-electron chi connectivity index (χ3n) is 4.26. The highest BCUT2D eigenvalue weighted by Crippen LogP contribution is 2.30.